The molecule has 0 bridgehead atoms. The maximum atomic E-state index is 14.0. The highest BCUT2D eigenvalue weighted by Gasteiger charge is 2.43. The minimum atomic E-state index is -1.85. The van der Waals surface area contributed by atoms with Gasteiger partial charge >= 0.3 is 0 Å². The smallest absolute Gasteiger partial charge is 0.221 e. The Morgan fingerprint density at radius 3 is 2.89 bits per heavy atom. The Balaban J connectivity index is 2.09. The number of halogens is 1. The Bertz CT molecular complexity index is 386. The average Bonchev–Trinajstić information content (AvgIpc) is 2.84. The highest BCUT2D eigenvalue weighted by atomic mass is 19.1. The van der Waals surface area contributed by atoms with Crippen molar-refractivity contribution in [2.75, 3.05) is 6.61 Å². The van der Waals surface area contributed by atoms with Gasteiger partial charge in [0.25, 0.3) is 0 Å². The third-order valence-electron chi connectivity index (χ3n) is 2.71. The fourth-order valence-corrected chi connectivity index (χ4v) is 1.78. The standard InChI is InChI=1S/C10H16FN3O4/c1-10(2)17-5-6(15)8(18-10)7(16)9(11)14-4-3-12-13-14/h3-4,6-9,15-16H,5H2,1-2H3/t6-,7-,8-,9+/m1/s1. The molecule has 0 aromatic carbocycles. The predicted molar refractivity (Wildman–Crippen MR) is 57.1 cm³/mol. The molecule has 0 saturated carbocycles. The van der Waals surface area contributed by atoms with Crippen LogP contribution >= 0.6 is 0 Å². The van der Waals surface area contributed by atoms with Crippen molar-refractivity contribution in [1.29, 1.82) is 0 Å². The quantitative estimate of drug-likeness (QED) is 0.771. The van der Waals surface area contributed by atoms with Crippen LogP contribution in [0.3, 0.4) is 0 Å². The molecule has 1 aromatic heterocycles. The summed E-state index contributed by atoms with van der Waals surface area (Å²) in [6.45, 7) is 3.22. The molecule has 0 aliphatic carbocycles. The first-order valence-corrected chi connectivity index (χ1v) is 5.58. The van der Waals surface area contributed by atoms with Crippen molar-refractivity contribution in [2.45, 2.75) is 44.2 Å². The molecule has 7 nitrogen and oxygen atoms in total. The third kappa shape index (κ3) is 2.66. The van der Waals surface area contributed by atoms with E-state index < -0.39 is 30.4 Å². The number of rotatable bonds is 3. The zero-order chi connectivity index (χ0) is 13.3. The molecule has 8 heteroatoms. The summed E-state index contributed by atoms with van der Waals surface area (Å²) in [5.41, 5.74) is 0. The van der Waals surface area contributed by atoms with Gasteiger partial charge in [-0.05, 0) is 13.8 Å². The van der Waals surface area contributed by atoms with Crippen LogP contribution in [-0.2, 0) is 9.47 Å². The molecule has 0 amide bonds. The van der Waals surface area contributed by atoms with Gasteiger partial charge in [0.1, 0.15) is 18.3 Å². The van der Waals surface area contributed by atoms with Crippen LogP contribution in [0.1, 0.15) is 20.1 Å². The van der Waals surface area contributed by atoms with Gasteiger partial charge in [-0.3, -0.25) is 0 Å². The number of hydrogen-bond donors (Lipinski definition) is 2. The summed E-state index contributed by atoms with van der Waals surface area (Å²) in [6, 6.07) is 0. The molecule has 2 heterocycles. The third-order valence-corrected chi connectivity index (χ3v) is 2.71. The zero-order valence-corrected chi connectivity index (χ0v) is 10.1. The molecule has 1 aliphatic rings. The van der Waals surface area contributed by atoms with Crippen molar-refractivity contribution in [2.24, 2.45) is 0 Å². The Morgan fingerprint density at radius 2 is 2.28 bits per heavy atom. The summed E-state index contributed by atoms with van der Waals surface area (Å²) < 4.78 is 25.3. The predicted octanol–water partition coefficient (Wildman–Crippen LogP) is -0.381. The van der Waals surface area contributed by atoms with E-state index in [-0.39, 0.29) is 6.61 Å². The molecule has 1 fully saturated rings. The first-order chi connectivity index (χ1) is 8.41. The Morgan fingerprint density at radius 1 is 1.56 bits per heavy atom. The number of hydrogen-bond acceptors (Lipinski definition) is 6. The minimum Gasteiger partial charge on any atom is -0.388 e. The molecule has 0 spiro atoms. The zero-order valence-electron chi connectivity index (χ0n) is 10.1. The molecular weight excluding hydrogens is 245 g/mol. The van der Waals surface area contributed by atoms with Crippen LogP contribution in [0, 0.1) is 0 Å². The molecule has 1 aromatic rings. The van der Waals surface area contributed by atoms with E-state index in [2.05, 4.69) is 10.3 Å². The number of aliphatic hydroxyl groups is 2. The van der Waals surface area contributed by atoms with Crippen LogP contribution in [0.2, 0.25) is 0 Å². The Kier molecular flexibility index (Phi) is 3.62. The van der Waals surface area contributed by atoms with E-state index in [1.807, 2.05) is 0 Å². The topological polar surface area (TPSA) is 89.6 Å². The lowest BCUT2D eigenvalue weighted by molar-refractivity contribution is -0.324. The molecule has 102 valence electrons. The van der Waals surface area contributed by atoms with E-state index in [1.54, 1.807) is 13.8 Å². The van der Waals surface area contributed by atoms with Crippen molar-refractivity contribution in [3.8, 4) is 0 Å². The molecule has 1 aliphatic heterocycles. The van der Waals surface area contributed by atoms with Gasteiger partial charge in [-0.2, -0.15) is 0 Å². The fourth-order valence-electron chi connectivity index (χ4n) is 1.78. The normalized spacial score (nSPS) is 30.9. The van der Waals surface area contributed by atoms with Crippen LogP contribution in [0.15, 0.2) is 12.4 Å². The SMILES string of the molecule is CC1(C)OC[C@@H](O)[C@H]([C@@H](O)[C@@H](F)n2ccnn2)O1. The van der Waals surface area contributed by atoms with Crippen LogP contribution < -0.4 is 0 Å². The lowest BCUT2D eigenvalue weighted by Crippen LogP contribution is -2.55. The van der Waals surface area contributed by atoms with E-state index in [1.165, 1.54) is 12.4 Å². The van der Waals surface area contributed by atoms with Crippen LogP contribution in [0.4, 0.5) is 4.39 Å². The molecule has 0 radical (unpaired) electrons. The number of aliphatic hydroxyl groups excluding tert-OH is 2. The average molecular weight is 261 g/mol. The van der Waals surface area contributed by atoms with Crippen molar-refractivity contribution in [1.82, 2.24) is 15.0 Å². The Hall–Kier alpha value is -1.09. The van der Waals surface area contributed by atoms with E-state index in [9.17, 15) is 14.6 Å². The van der Waals surface area contributed by atoms with Gasteiger partial charge in [-0.15, -0.1) is 5.10 Å². The first kappa shape index (κ1) is 13.3. The summed E-state index contributed by atoms with van der Waals surface area (Å²) >= 11 is 0. The summed E-state index contributed by atoms with van der Waals surface area (Å²) in [7, 11) is 0. The van der Waals surface area contributed by atoms with Crippen LogP contribution in [0.25, 0.3) is 0 Å². The molecule has 1 saturated heterocycles. The van der Waals surface area contributed by atoms with Gasteiger partial charge in [0.2, 0.25) is 6.30 Å². The highest BCUT2D eigenvalue weighted by molar-refractivity contribution is 4.86. The van der Waals surface area contributed by atoms with Gasteiger partial charge in [0.05, 0.1) is 12.8 Å². The second-order valence-electron chi connectivity index (χ2n) is 4.61. The van der Waals surface area contributed by atoms with Crippen molar-refractivity contribution >= 4 is 0 Å². The number of nitrogens with zero attached hydrogens (tertiary/aromatic N) is 3. The molecule has 0 unspecified atom stereocenters. The van der Waals surface area contributed by atoms with Crippen LogP contribution in [0.5, 0.6) is 0 Å². The second-order valence-corrected chi connectivity index (χ2v) is 4.61. The van der Waals surface area contributed by atoms with Gasteiger partial charge in [0, 0.05) is 6.20 Å². The largest absolute Gasteiger partial charge is 0.388 e. The van der Waals surface area contributed by atoms with Gasteiger partial charge in [0.15, 0.2) is 5.79 Å². The molecule has 2 N–H and O–H groups in total. The molecule has 2 rings (SSSR count). The summed E-state index contributed by atoms with van der Waals surface area (Å²) in [5, 5.41) is 26.5. The first-order valence-electron chi connectivity index (χ1n) is 5.58. The van der Waals surface area contributed by atoms with Crippen LogP contribution in [-0.4, -0.2) is 55.9 Å². The van der Waals surface area contributed by atoms with Gasteiger partial charge in [-0.25, -0.2) is 9.07 Å². The fraction of sp³-hybridized carbons (Fsp3) is 0.800. The molecular formula is C10H16FN3O4. The van der Waals surface area contributed by atoms with Gasteiger partial charge < -0.3 is 19.7 Å². The summed E-state index contributed by atoms with van der Waals surface area (Å²) in [6.07, 6.45) is -3.02. The summed E-state index contributed by atoms with van der Waals surface area (Å²) in [5.74, 6) is -0.979. The van der Waals surface area contributed by atoms with E-state index in [4.69, 9.17) is 9.47 Å². The van der Waals surface area contributed by atoms with E-state index in [0.717, 1.165) is 4.68 Å². The van der Waals surface area contributed by atoms with Crippen molar-refractivity contribution in [3.63, 3.8) is 0 Å². The van der Waals surface area contributed by atoms with Crippen molar-refractivity contribution < 1.29 is 24.1 Å². The maximum Gasteiger partial charge on any atom is 0.221 e. The lowest BCUT2D eigenvalue weighted by Gasteiger charge is -2.41. The minimum absolute atomic E-state index is 0.0290. The lowest BCUT2D eigenvalue weighted by atomic mass is 10.1. The number of ether oxygens (including phenoxy) is 2. The summed E-state index contributed by atoms with van der Waals surface area (Å²) in [4.78, 5) is 0. The van der Waals surface area contributed by atoms with Crippen molar-refractivity contribution in [3.05, 3.63) is 12.4 Å². The molecule has 18 heavy (non-hydrogen) atoms. The molecule has 4 atom stereocenters. The second kappa shape index (κ2) is 4.88. The van der Waals surface area contributed by atoms with Gasteiger partial charge in [-0.1, -0.05) is 5.21 Å². The van der Waals surface area contributed by atoms with E-state index in [0.29, 0.717) is 0 Å². The highest BCUT2D eigenvalue weighted by Crippen LogP contribution is 2.28. The monoisotopic (exact) mass is 261 g/mol. The number of aromatic nitrogens is 3. The number of alkyl halides is 1. The maximum absolute atomic E-state index is 14.0. The van der Waals surface area contributed by atoms with E-state index >= 15 is 0 Å². The Labute approximate surface area is 103 Å².